The van der Waals surface area contributed by atoms with Crippen LogP contribution in [0.5, 0.6) is 5.75 Å². The van der Waals surface area contributed by atoms with Gasteiger partial charge in [0.1, 0.15) is 5.75 Å². The molecule has 1 aromatic rings. The first-order valence-electron chi connectivity index (χ1n) is 10.1. The summed E-state index contributed by atoms with van der Waals surface area (Å²) in [6.07, 6.45) is 11.1. The van der Waals surface area contributed by atoms with Gasteiger partial charge >= 0.3 is 0 Å². The third kappa shape index (κ3) is 3.94. The standard InChI is InChI=1S/C21H32N2O/c1-4-12-21(24-20-10-2-3-11-20)18(8-1)16-22-13-7-9-19(17-22)23-14-5-6-15-23/h1,4,8,12,19-20H,2-3,5-7,9-11,13-17H2/t19-/m1/s1. The highest BCUT2D eigenvalue weighted by atomic mass is 16.5. The van der Waals surface area contributed by atoms with E-state index in [1.165, 1.54) is 83.1 Å². The molecule has 1 saturated carbocycles. The highest BCUT2D eigenvalue weighted by Crippen LogP contribution is 2.28. The van der Waals surface area contributed by atoms with Gasteiger partial charge < -0.3 is 4.74 Å². The van der Waals surface area contributed by atoms with Gasteiger partial charge in [0.25, 0.3) is 0 Å². The van der Waals surface area contributed by atoms with Crippen LogP contribution in [0.2, 0.25) is 0 Å². The molecule has 2 saturated heterocycles. The van der Waals surface area contributed by atoms with Crippen LogP contribution in [0, 0.1) is 0 Å². The van der Waals surface area contributed by atoms with Gasteiger partial charge in [0.2, 0.25) is 0 Å². The number of hydrogen-bond donors (Lipinski definition) is 0. The van der Waals surface area contributed by atoms with Crippen molar-refractivity contribution in [1.82, 2.24) is 9.80 Å². The van der Waals surface area contributed by atoms with Crippen LogP contribution in [0.3, 0.4) is 0 Å². The summed E-state index contributed by atoms with van der Waals surface area (Å²) in [7, 11) is 0. The molecule has 1 aliphatic carbocycles. The maximum absolute atomic E-state index is 6.34. The van der Waals surface area contributed by atoms with Gasteiger partial charge in [0.15, 0.2) is 0 Å². The van der Waals surface area contributed by atoms with E-state index in [-0.39, 0.29) is 0 Å². The number of piperidine rings is 1. The lowest BCUT2D eigenvalue weighted by Gasteiger charge is -2.37. The van der Waals surface area contributed by atoms with E-state index < -0.39 is 0 Å². The van der Waals surface area contributed by atoms with Gasteiger partial charge in [0, 0.05) is 24.7 Å². The van der Waals surface area contributed by atoms with Crippen LogP contribution >= 0.6 is 0 Å². The Bertz CT molecular complexity index is 520. The van der Waals surface area contributed by atoms with E-state index in [9.17, 15) is 0 Å². The highest BCUT2D eigenvalue weighted by Gasteiger charge is 2.27. The Morgan fingerprint density at radius 3 is 2.50 bits per heavy atom. The van der Waals surface area contributed by atoms with Gasteiger partial charge in [-0.25, -0.2) is 0 Å². The average Bonchev–Trinajstić information content (AvgIpc) is 3.30. The molecule has 0 radical (unpaired) electrons. The van der Waals surface area contributed by atoms with E-state index in [0.717, 1.165) is 18.3 Å². The molecule has 2 heterocycles. The summed E-state index contributed by atoms with van der Waals surface area (Å²) in [6.45, 7) is 6.16. The molecular weight excluding hydrogens is 296 g/mol. The number of rotatable bonds is 5. The summed E-state index contributed by atoms with van der Waals surface area (Å²) in [4.78, 5) is 5.39. The number of para-hydroxylation sites is 1. The summed E-state index contributed by atoms with van der Waals surface area (Å²) in [6, 6.07) is 9.51. The van der Waals surface area contributed by atoms with Gasteiger partial charge in [-0.1, -0.05) is 18.2 Å². The Morgan fingerprint density at radius 1 is 0.875 bits per heavy atom. The van der Waals surface area contributed by atoms with Crippen molar-refractivity contribution in [1.29, 1.82) is 0 Å². The first kappa shape index (κ1) is 16.4. The monoisotopic (exact) mass is 328 g/mol. The fraction of sp³-hybridized carbons (Fsp3) is 0.714. The van der Waals surface area contributed by atoms with E-state index in [1.54, 1.807) is 0 Å². The molecule has 0 aromatic heterocycles. The largest absolute Gasteiger partial charge is 0.490 e. The van der Waals surface area contributed by atoms with Crippen LogP contribution in [0.15, 0.2) is 24.3 Å². The molecule has 4 rings (SSSR count). The summed E-state index contributed by atoms with van der Waals surface area (Å²) < 4.78 is 6.34. The van der Waals surface area contributed by atoms with Crippen molar-refractivity contribution in [3.05, 3.63) is 29.8 Å². The SMILES string of the molecule is c1ccc(OC2CCCC2)c(CN2CCC[C@@H](N3CCCC3)C2)c1. The molecule has 3 nitrogen and oxygen atoms in total. The number of nitrogens with zero attached hydrogens (tertiary/aromatic N) is 2. The first-order valence-corrected chi connectivity index (χ1v) is 10.1. The number of benzene rings is 1. The second kappa shape index (κ2) is 7.88. The van der Waals surface area contributed by atoms with Crippen molar-refractivity contribution in [2.24, 2.45) is 0 Å². The van der Waals surface area contributed by atoms with Gasteiger partial charge in [-0.3, -0.25) is 9.80 Å². The lowest BCUT2D eigenvalue weighted by molar-refractivity contribution is 0.109. The Morgan fingerprint density at radius 2 is 1.67 bits per heavy atom. The topological polar surface area (TPSA) is 15.7 Å². The predicted molar refractivity (Wildman–Crippen MR) is 98.4 cm³/mol. The number of hydrogen-bond acceptors (Lipinski definition) is 3. The van der Waals surface area contributed by atoms with Crippen LogP contribution in [-0.4, -0.2) is 48.1 Å². The predicted octanol–water partition coefficient (Wildman–Crippen LogP) is 4.07. The molecule has 0 spiro atoms. The normalized spacial score (nSPS) is 26.9. The minimum atomic E-state index is 0.449. The van der Waals surface area contributed by atoms with Crippen LogP contribution in [-0.2, 0) is 6.54 Å². The highest BCUT2D eigenvalue weighted by molar-refractivity contribution is 5.33. The van der Waals surface area contributed by atoms with Gasteiger partial charge in [-0.2, -0.15) is 0 Å². The van der Waals surface area contributed by atoms with Gasteiger partial charge in [-0.15, -0.1) is 0 Å². The van der Waals surface area contributed by atoms with Crippen LogP contribution in [0.4, 0.5) is 0 Å². The quantitative estimate of drug-likeness (QED) is 0.810. The minimum absolute atomic E-state index is 0.449. The molecule has 0 bridgehead atoms. The van der Waals surface area contributed by atoms with E-state index in [4.69, 9.17) is 4.74 Å². The Balaban J connectivity index is 1.38. The summed E-state index contributed by atoms with van der Waals surface area (Å²) in [5.41, 5.74) is 1.38. The fourth-order valence-corrected chi connectivity index (χ4v) is 4.76. The second-order valence-corrected chi connectivity index (χ2v) is 7.91. The molecule has 3 heteroatoms. The molecule has 1 aromatic carbocycles. The molecule has 0 amide bonds. The van der Waals surface area contributed by atoms with E-state index in [1.807, 2.05) is 0 Å². The molecule has 0 N–H and O–H groups in total. The maximum atomic E-state index is 6.34. The summed E-state index contributed by atoms with van der Waals surface area (Å²) >= 11 is 0. The zero-order chi connectivity index (χ0) is 16.2. The minimum Gasteiger partial charge on any atom is -0.490 e. The molecule has 1 atom stereocenters. The number of likely N-dealkylation sites (tertiary alicyclic amines) is 2. The summed E-state index contributed by atoms with van der Waals surface area (Å²) in [5.74, 6) is 1.13. The van der Waals surface area contributed by atoms with E-state index in [0.29, 0.717) is 6.10 Å². The van der Waals surface area contributed by atoms with Crippen LogP contribution in [0.1, 0.15) is 56.9 Å². The molecule has 3 fully saturated rings. The molecule has 24 heavy (non-hydrogen) atoms. The van der Waals surface area contributed by atoms with Crippen molar-refractivity contribution >= 4 is 0 Å². The van der Waals surface area contributed by atoms with Crippen LogP contribution < -0.4 is 4.74 Å². The van der Waals surface area contributed by atoms with Crippen molar-refractivity contribution in [3.8, 4) is 5.75 Å². The molecule has 3 aliphatic rings. The summed E-state index contributed by atoms with van der Waals surface area (Å²) in [5, 5.41) is 0. The molecular formula is C21H32N2O. The second-order valence-electron chi connectivity index (χ2n) is 7.91. The third-order valence-electron chi connectivity index (χ3n) is 6.10. The van der Waals surface area contributed by atoms with Crippen molar-refractivity contribution in [2.75, 3.05) is 26.2 Å². The smallest absolute Gasteiger partial charge is 0.124 e. The Kier molecular flexibility index (Phi) is 5.39. The van der Waals surface area contributed by atoms with Crippen molar-refractivity contribution in [3.63, 3.8) is 0 Å². The lowest BCUT2D eigenvalue weighted by Crippen LogP contribution is -2.46. The zero-order valence-corrected chi connectivity index (χ0v) is 15.0. The average molecular weight is 329 g/mol. The Hall–Kier alpha value is -1.06. The van der Waals surface area contributed by atoms with Gasteiger partial charge in [0.05, 0.1) is 6.10 Å². The van der Waals surface area contributed by atoms with Crippen molar-refractivity contribution < 1.29 is 4.74 Å². The van der Waals surface area contributed by atoms with E-state index in [2.05, 4.69) is 34.1 Å². The first-order chi connectivity index (χ1) is 11.9. The molecule has 2 aliphatic heterocycles. The van der Waals surface area contributed by atoms with Crippen LogP contribution in [0.25, 0.3) is 0 Å². The zero-order valence-electron chi connectivity index (χ0n) is 15.0. The molecule has 0 unspecified atom stereocenters. The Labute approximate surface area is 147 Å². The molecule has 132 valence electrons. The third-order valence-corrected chi connectivity index (χ3v) is 6.10. The van der Waals surface area contributed by atoms with E-state index >= 15 is 0 Å². The lowest BCUT2D eigenvalue weighted by atomic mass is 10.0. The van der Waals surface area contributed by atoms with Gasteiger partial charge in [-0.05, 0) is 77.1 Å². The maximum Gasteiger partial charge on any atom is 0.124 e. The fourth-order valence-electron chi connectivity index (χ4n) is 4.76. The van der Waals surface area contributed by atoms with Crippen molar-refractivity contribution in [2.45, 2.75) is 70.1 Å². The number of ether oxygens (including phenoxy) is 1.